The fourth-order valence-corrected chi connectivity index (χ4v) is 2.99. The van der Waals surface area contributed by atoms with E-state index in [4.69, 9.17) is 9.47 Å². The van der Waals surface area contributed by atoms with Gasteiger partial charge in [0.15, 0.2) is 12.3 Å². The first-order valence-corrected chi connectivity index (χ1v) is 8.48. The summed E-state index contributed by atoms with van der Waals surface area (Å²) in [5.74, 6) is 0.115. The maximum Gasteiger partial charge on any atom is 0.272 e. The Labute approximate surface area is 141 Å². The number of ether oxygens (including phenoxy) is 2. The largest absolute Gasteiger partial charge is 0.468 e. The first-order valence-electron chi connectivity index (χ1n) is 8.48. The number of nitrogens with zero attached hydrogens (tertiary/aromatic N) is 3. The smallest absolute Gasteiger partial charge is 0.272 e. The van der Waals surface area contributed by atoms with E-state index in [2.05, 4.69) is 10.4 Å². The third kappa shape index (κ3) is 4.05. The van der Waals surface area contributed by atoms with Crippen LogP contribution < -0.4 is 10.1 Å². The third-order valence-corrected chi connectivity index (χ3v) is 4.39. The zero-order valence-electron chi connectivity index (χ0n) is 14.0. The molecule has 0 unspecified atom stereocenters. The maximum absolute atomic E-state index is 12.1. The van der Waals surface area contributed by atoms with Crippen molar-refractivity contribution in [3.05, 3.63) is 11.8 Å². The monoisotopic (exact) mass is 336 g/mol. The number of hydrogen-bond acceptors (Lipinski definition) is 5. The lowest BCUT2D eigenvalue weighted by atomic mass is 10.2. The van der Waals surface area contributed by atoms with Crippen LogP contribution >= 0.6 is 0 Å². The minimum absolute atomic E-state index is 0.0296. The molecule has 8 nitrogen and oxygen atoms in total. The van der Waals surface area contributed by atoms with Gasteiger partial charge in [0.25, 0.3) is 11.8 Å². The Hall–Kier alpha value is -2.09. The van der Waals surface area contributed by atoms with Crippen molar-refractivity contribution >= 4 is 11.8 Å². The number of hydrogen-bond donors (Lipinski definition) is 1. The predicted molar refractivity (Wildman–Crippen MR) is 85.8 cm³/mol. The predicted octanol–water partition coefficient (Wildman–Crippen LogP) is 0.330. The van der Waals surface area contributed by atoms with Gasteiger partial charge < -0.3 is 19.7 Å². The van der Waals surface area contributed by atoms with E-state index in [0.717, 1.165) is 45.4 Å². The number of nitrogens with one attached hydrogen (secondary N) is 1. The Morgan fingerprint density at radius 2 is 2.17 bits per heavy atom. The Kier molecular flexibility index (Phi) is 5.34. The molecule has 2 aliphatic rings. The van der Waals surface area contributed by atoms with Gasteiger partial charge >= 0.3 is 0 Å². The van der Waals surface area contributed by atoms with E-state index in [1.54, 1.807) is 18.0 Å². The zero-order chi connectivity index (χ0) is 16.9. The molecule has 2 fully saturated rings. The molecule has 132 valence electrons. The number of carbonyl (C=O) groups is 2. The molecule has 1 N–H and O–H groups in total. The molecule has 0 radical (unpaired) electrons. The van der Waals surface area contributed by atoms with Gasteiger partial charge in [-0.25, -0.2) is 4.68 Å². The summed E-state index contributed by atoms with van der Waals surface area (Å²) in [7, 11) is 1.69. The van der Waals surface area contributed by atoms with Gasteiger partial charge in [-0.2, -0.15) is 5.10 Å². The van der Waals surface area contributed by atoms with Gasteiger partial charge in [-0.3, -0.25) is 9.59 Å². The molecule has 1 atom stereocenters. The summed E-state index contributed by atoms with van der Waals surface area (Å²) in [5.41, 5.74) is 0.277. The summed E-state index contributed by atoms with van der Waals surface area (Å²) < 4.78 is 12.5. The highest BCUT2D eigenvalue weighted by Crippen LogP contribution is 2.14. The Balaban J connectivity index is 1.49. The number of aryl methyl sites for hydroxylation is 1. The van der Waals surface area contributed by atoms with Crippen molar-refractivity contribution in [2.24, 2.45) is 7.05 Å². The van der Waals surface area contributed by atoms with Crippen LogP contribution in [0.25, 0.3) is 0 Å². The Bertz CT molecular complexity index is 589. The molecule has 0 saturated carbocycles. The number of aromatic nitrogens is 2. The van der Waals surface area contributed by atoms with Gasteiger partial charge in [-0.1, -0.05) is 0 Å². The average molecular weight is 336 g/mol. The lowest BCUT2D eigenvalue weighted by Crippen LogP contribution is -2.32. The number of carbonyl (C=O) groups excluding carboxylic acids is 2. The van der Waals surface area contributed by atoms with Gasteiger partial charge in [0.05, 0.1) is 6.10 Å². The molecular weight excluding hydrogens is 312 g/mol. The molecule has 2 saturated heterocycles. The van der Waals surface area contributed by atoms with Crippen molar-refractivity contribution in [2.45, 2.75) is 31.8 Å². The minimum Gasteiger partial charge on any atom is -0.468 e. The van der Waals surface area contributed by atoms with Crippen LogP contribution in [0, 0.1) is 0 Å². The Morgan fingerprint density at radius 3 is 2.88 bits per heavy atom. The summed E-state index contributed by atoms with van der Waals surface area (Å²) >= 11 is 0. The fourth-order valence-electron chi connectivity index (χ4n) is 2.99. The van der Waals surface area contributed by atoms with Gasteiger partial charge in [-0.05, 0) is 25.7 Å². The van der Waals surface area contributed by atoms with Crippen molar-refractivity contribution < 1.29 is 19.1 Å². The standard InChI is InChI=1S/C16H24N4O4/c1-19-15(24-11-14(21)20-6-2-3-7-20)9-13(18-19)16(22)17-10-12-5-4-8-23-12/h9,12H,2-8,10-11H2,1H3,(H,17,22)/t12-/m1/s1. The molecule has 3 heterocycles. The van der Waals surface area contributed by atoms with E-state index in [1.165, 1.54) is 4.68 Å². The maximum atomic E-state index is 12.1. The van der Waals surface area contributed by atoms with Crippen LogP contribution in [-0.4, -0.2) is 65.4 Å². The van der Waals surface area contributed by atoms with Crippen molar-refractivity contribution in [2.75, 3.05) is 32.8 Å². The van der Waals surface area contributed by atoms with Crippen LogP contribution in [0.4, 0.5) is 0 Å². The summed E-state index contributed by atoms with van der Waals surface area (Å²) in [6.07, 6.45) is 4.19. The van der Waals surface area contributed by atoms with Crippen LogP contribution in [0.1, 0.15) is 36.2 Å². The molecule has 0 aliphatic carbocycles. The highest BCUT2D eigenvalue weighted by atomic mass is 16.5. The average Bonchev–Trinajstić information content (AvgIpc) is 3.32. The van der Waals surface area contributed by atoms with Crippen LogP contribution in [0.15, 0.2) is 6.07 Å². The van der Waals surface area contributed by atoms with E-state index in [9.17, 15) is 9.59 Å². The number of likely N-dealkylation sites (tertiary alicyclic amines) is 1. The third-order valence-electron chi connectivity index (χ3n) is 4.39. The van der Waals surface area contributed by atoms with Crippen LogP contribution in [0.2, 0.25) is 0 Å². The van der Waals surface area contributed by atoms with Gasteiger partial charge in [0.1, 0.15) is 0 Å². The first kappa shape index (κ1) is 16.8. The van der Waals surface area contributed by atoms with Gasteiger partial charge in [0, 0.05) is 39.4 Å². The minimum atomic E-state index is -0.262. The Morgan fingerprint density at radius 1 is 1.38 bits per heavy atom. The van der Waals surface area contributed by atoms with Gasteiger partial charge in [-0.15, -0.1) is 0 Å². The molecule has 0 aromatic carbocycles. The molecule has 1 aromatic heterocycles. The lowest BCUT2D eigenvalue weighted by Gasteiger charge is -2.15. The topological polar surface area (TPSA) is 85.7 Å². The SMILES string of the molecule is Cn1nc(C(=O)NC[C@H]2CCCO2)cc1OCC(=O)N1CCCC1. The molecule has 1 aromatic rings. The number of rotatable bonds is 6. The first-order chi connectivity index (χ1) is 11.6. The molecule has 0 spiro atoms. The molecule has 24 heavy (non-hydrogen) atoms. The molecule has 8 heteroatoms. The van der Waals surface area contributed by atoms with Crippen molar-refractivity contribution in [3.63, 3.8) is 0 Å². The van der Waals surface area contributed by atoms with E-state index in [1.807, 2.05) is 0 Å². The lowest BCUT2D eigenvalue weighted by molar-refractivity contribution is -0.132. The normalized spacial score (nSPS) is 20.4. The quantitative estimate of drug-likeness (QED) is 0.809. The second-order valence-corrected chi connectivity index (χ2v) is 6.21. The molecular formula is C16H24N4O4. The summed E-state index contributed by atoms with van der Waals surface area (Å²) in [4.78, 5) is 25.9. The van der Waals surface area contributed by atoms with Crippen LogP contribution in [0.5, 0.6) is 5.88 Å². The van der Waals surface area contributed by atoms with Gasteiger partial charge in [0.2, 0.25) is 5.88 Å². The van der Waals surface area contributed by atoms with Crippen LogP contribution in [-0.2, 0) is 16.6 Å². The molecule has 2 aliphatic heterocycles. The molecule has 0 bridgehead atoms. The highest BCUT2D eigenvalue weighted by molar-refractivity contribution is 5.92. The van der Waals surface area contributed by atoms with Crippen molar-refractivity contribution in [1.82, 2.24) is 20.0 Å². The number of amides is 2. The fraction of sp³-hybridized carbons (Fsp3) is 0.688. The second-order valence-electron chi connectivity index (χ2n) is 6.21. The van der Waals surface area contributed by atoms with Crippen molar-refractivity contribution in [1.29, 1.82) is 0 Å². The highest BCUT2D eigenvalue weighted by Gasteiger charge is 2.21. The van der Waals surface area contributed by atoms with E-state index >= 15 is 0 Å². The zero-order valence-corrected chi connectivity index (χ0v) is 14.0. The molecule has 3 rings (SSSR count). The van der Waals surface area contributed by atoms with E-state index < -0.39 is 0 Å². The van der Waals surface area contributed by atoms with E-state index in [-0.39, 0.29) is 30.2 Å². The van der Waals surface area contributed by atoms with Crippen molar-refractivity contribution in [3.8, 4) is 5.88 Å². The van der Waals surface area contributed by atoms with Crippen LogP contribution in [0.3, 0.4) is 0 Å². The summed E-state index contributed by atoms with van der Waals surface area (Å²) in [6, 6.07) is 1.56. The summed E-state index contributed by atoms with van der Waals surface area (Å²) in [5, 5.41) is 6.97. The van der Waals surface area contributed by atoms with E-state index in [0.29, 0.717) is 12.4 Å². The molecule has 2 amide bonds. The second kappa shape index (κ2) is 7.65. The summed E-state index contributed by atoms with van der Waals surface area (Å²) in [6.45, 7) is 2.80.